The number of hydrogen-bond donors (Lipinski definition) is 1. The van der Waals surface area contributed by atoms with Crippen molar-refractivity contribution in [3.8, 4) is 5.75 Å². The molecule has 0 aliphatic carbocycles. The number of piperidine rings is 1. The summed E-state index contributed by atoms with van der Waals surface area (Å²) in [5, 5.41) is 9.65. The van der Waals surface area contributed by atoms with Crippen LogP contribution in [0.2, 0.25) is 0 Å². The van der Waals surface area contributed by atoms with Crippen molar-refractivity contribution >= 4 is 11.9 Å². The number of carboxylic acid groups (broad SMARTS) is 1. The lowest BCUT2D eigenvalue weighted by molar-refractivity contribution is -0.162. The van der Waals surface area contributed by atoms with Gasteiger partial charge in [0.25, 0.3) is 0 Å². The van der Waals surface area contributed by atoms with Gasteiger partial charge in [-0.05, 0) is 50.2 Å². The van der Waals surface area contributed by atoms with Gasteiger partial charge in [0.05, 0.1) is 6.54 Å². The number of hydrogen-bond acceptors (Lipinski definition) is 4. The molecule has 2 fully saturated rings. The average molecular weight is 350 g/mol. The molecule has 1 aromatic carbocycles. The molecule has 0 bridgehead atoms. The van der Waals surface area contributed by atoms with Gasteiger partial charge < -0.3 is 14.7 Å². The van der Waals surface area contributed by atoms with Crippen LogP contribution in [-0.4, -0.2) is 65.1 Å². The van der Waals surface area contributed by atoms with Gasteiger partial charge in [0, 0.05) is 25.9 Å². The van der Waals surface area contributed by atoms with Gasteiger partial charge in [-0.1, -0.05) is 0 Å². The molecule has 2 saturated heterocycles. The molecule has 25 heavy (non-hydrogen) atoms. The van der Waals surface area contributed by atoms with Crippen molar-refractivity contribution in [3.63, 3.8) is 0 Å². The van der Waals surface area contributed by atoms with Crippen LogP contribution >= 0.6 is 0 Å². The Balaban J connectivity index is 1.60. The SMILES string of the molecule is O=C(CN1CCCC1)N1CCC(Oc2ccc(F)cc2)(C(=O)O)CC1. The van der Waals surface area contributed by atoms with E-state index in [1.165, 1.54) is 24.3 Å². The highest BCUT2D eigenvalue weighted by atomic mass is 19.1. The molecule has 6 nitrogen and oxygen atoms in total. The van der Waals surface area contributed by atoms with Crippen LogP contribution in [0.4, 0.5) is 4.39 Å². The highest BCUT2D eigenvalue weighted by Gasteiger charge is 2.45. The fourth-order valence-electron chi connectivity index (χ4n) is 3.44. The maximum atomic E-state index is 13.0. The van der Waals surface area contributed by atoms with Crippen molar-refractivity contribution in [3.05, 3.63) is 30.1 Å². The van der Waals surface area contributed by atoms with Gasteiger partial charge in [0.2, 0.25) is 11.5 Å². The molecule has 7 heteroatoms. The van der Waals surface area contributed by atoms with Crippen LogP contribution in [0.15, 0.2) is 24.3 Å². The number of rotatable bonds is 5. The highest BCUT2D eigenvalue weighted by Crippen LogP contribution is 2.29. The first-order chi connectivity index (χ1) is 12.0. The Hall–Kier alpha value is -2.15. The number of amides is 1. The Morgan fingerprint density at radius 2 is 1.68 bits per heavy atom. The zero-order chi connectivity index (χ0) is 17.9. The number of halogens is 1. The highest BCUT2D eigenvalue weighted by molar-refractivity contribution is 5.81. The van der Waals surface area contributed by atoms with Gasteiger partial charge >= 0.3 is 5.97 Å². The number of carboxylic acids is 1. The first kappa shape index (κ1) is 17.7. The smallest absolute Gasteiger partial charge is 0.348 e. The van der Waals surface area contributed by atoms with E-state index >= 15 is 0 Å². The Kier molecular flexibility index (Phi) is 5.22. The first-order valence-corrected chi connectivity index (χ1v) is 8.67. The molecule has 0 saturated carbocycles. The van der Waals surface area contributed by atoms with Crippen molar-refractivity contribution in [1.29, 1.82) is 0 Å². The molecular formula is C18H23FN2O4. The van der Waals surface area contributed by atoms with Crippen LogP contribution in [0.3, 0.4) is 0 Å². The molecule has 3 rings (SSSR count). The van der Waals surface area contributed by atoms with Crippen LogP contribution in [0.1, 0.15) is 25.7 Å². The summed E-state index contributed by atoms with van der Waals surface area (Å²) >= 11 is 0. The van der Waals surface area contributed by atoms with Crippen LogP contribution < -0.4 is 4.74 Å². The van der Waals surface area contributed by atoms with E-state index in [0.717, 1.165) is 25.9 Å². The summed E-state index contributed by atoms with van der Waals surface area (Å²) in [6, 6.07) is 5.31. The van der Waals surface area contributed by atoms with E-state index in [4.69, 9.17) is 4.74 Å². The van der Waals surface area contributed by atoms with E-state index in [-0.39, 0.29) is 18.7 Å². The number of likely N-dealkylation sites (tertiary alicyclic amines) is 2. The quantitative estimate of drug-likeness (QED) is 0.876. The summed E-state index contributed by atoms with van der Waals surface area (Å²) in [5.41, 5.74) is -1.37. The number of benzene rings is 1. The van der Waals surface area contributed by atoms with Crippen LogP contribution in [0, 0.1) is 5.82 Å². The van der Waals surface area contributed by atoms with E-state index in [9.17, 15) is 19.1 Å². The Morgan fingerprint density at radius 3 is 2.24 bits per heavy atom. The van der Waals surface area contributed by atoms with Crippen molar-refractivity contribution < 1.29 is 23.8 Å². The van der Waals surface area contributed by atoms with E-state index in [1.54, 1.807) is 4.90 Å². The molecule has 2 aliphatic rings. The van der Waals surface area contributed by atoms with E-state index in [0.29, 0.717) is 25.4 Å². The molecule has 136 valence electrons. The lowest BCUT2D eigenvalue weighted by atomic mass is 9.91. The Morgan fingerprint density at radius 1 is 1.08 bits per heavy atom. The van der Waals surface area contributed by atoms with Crippen LogP contribution in [0.5, 0.6) is 5.75 Å². The number of nitrogens with zero attached hydrogens (tertiary/aromatic N) is 2. The molecule has 0 aromatic heterocycles. The zero-order valence-electron chi connectivity index (χ0n) is 14.1. The molecule has 2 heterocycles. The lowest BCUT2D eigenvalue weighted by Crippen LogP contribution is -2.55. The minimum atomic E-state index is -1.37. The first-order valence-electron chi connectivity index (χ1n) is 8.67. The van der Waals surface area contributed by atoms with Crippen molar-refractivity contribution in [2.45, 2.75) is 31.3 Å². The number of carbonyl (C=O) groups is 2. The Bertz CT molecular complexity index is 620. The standard InChI is InChI=1S/C18H23FN2O4/c19-14-3-5-15(6-4-14)25-18(17(23)24)7-11-21(12-8-18)16(22)13-20-9-1-2-10-20/h3-6H,1-2,7-13H2,(H,23,24). The van der Waals surface area contributed by atoms with Gasteiger partial charge in [-0.2, -0.15) is 0 Å². The summed E-state index contributed by atoms with van der Waals surface area (Å²) in [6.07, 6.45) is 2.68. The van der Waals surface area contributed by atoms with E-state index in [1.807, 2.05) is 0 Å². The van der Waals surface area contributed by atoms with Crippen molar-refractivity contribution in [1.82, 2.24) is 9.80 Å². The van der Waals surface area contributed by atoms with Gasteiger partial charge in [0.1, 0.15) is 11.6 Å². The predicted octanol–water partition coefficient (Wildman–Crippen LogP) is 1.75. The second-order valence-corrected chi connectivity index (χ2v) is 6.72. The molecule has 0 radical (unpaired) electrons. The summed E-state index contributed by atoms with van der Waals surface area (Å²) in [7, 11) is 0. The van der Waals surface area contributed by atoms with Gasteiger partial charge in [-0.15, -0.1) is 0 Å². The predicted molar refractivity (Wildman–Crippen MR) is 88.9 cm³/mol. The van der Waals surface area contributed by atoms with E-state index in [2.05, 4.69) is 4.90 Å². The fourth-order valence-corrected chi connectivity index (χ4v) is 3.44. The Labute approximate surface area is 146 Å². The van der Waals surface area contributed by atoms with Gasteiger partial charge in [-0.3, -0.25) is 9.69 Å². The number of carbonyl (C=O) groups excluding carboxylic acids is 1. The fraction of sp³-hybridized carbons (Fsp3) is 0.556. The second-order valence-electron chi connectivity index (χ2n) is 6.72. The van der Waals surface area contributed by atoms with Gasteiger partial charge in [0.15, 0.2) is 0 Å². The zero-order valence-corrected chi connectivity index (χ0v) is 14.1. The molecular weight excluding hydrogens is 327 g/mol. The maximum absolute atomic E-state index is 13.0. The monoisotopic (exact) mass is 350 g/mol. The minimum absolute atomic E-state index is 0.0441. The lowest BCUT2D eigenvalue weighted by Gasteiger charge is -2.39. The average Bonchev–Trinajstić information content (AvgIpc) is 3.10. The largest absolute Gasteiger partial charge is 0.478 e. The third kappa shape index (κ3) is 4.10. The molecule has 2 aliphatic heterocycles. The summed E-state index contributed by atoms with van der Waals surface area (Å²) < 4.78 is 18.7. The molecule has 1 aromatic rings. The topological polar surface area (TPSA) is 70.1 Å². The van der Waals surface area contributed by atoms with Crippen molar-refractivity contribution in [2.75, 3.05) is 32.7 Å². The summed E-state index contributed by atoms with van der Waals surface area (Å²) in [5.74, 6) is -1.09. The maximum Gasteiger partial charge on any atom is 0.348 e. The summed E-state index contributed by atoms with van der Waals surface area (Å²) in [6.45, 7) is 3.00. The normalized spacial score (nSPS) is 20.4. The third-order valence-electron chi connectivity index (χ3n) is 5.00. The van der Waals surface area contributed by atoms with Crippen LogP contribution in [0.25, 0.3) is 0 Å². The number of aliphatic carboxylic acids is 1. The second kappa shape index (κ2) is 7.39. The third-order valence-corrected chi connectivity index (χ3v) is 5.00. The molecule has 0 unspecified atom stereocenters. The van der Waals surface area contributed by atoms with Crippen molar-refractivity contribution in [2.24, 2.45) is 0 Å². The van der Waals surface area contributed by atoms with Crippen LogP contribution in [-0.2, 0) is 9.59 Å². The summed E-state index contributed by atoms with van der Waals surface area (Å²) in [4.78, 5) is 28.0. The van der Waals surface area contributed by atoms with Gasteiger partial charge in [-0.25, -0.2) is 9.18 Å². The molecule has 0 spiro atoms. The molecule has 1 N–H and O–H groups in total. The minimum Gasteiger partial charge on any atom is -0.478 e. The molecule has 0 atom stereocenters. The molecule has 1 amide bonds. The van der Waals surface area contributed by atoms with E-state index < -0.39 is 17.4 Å². The number of ether oxygens (including phenoxy) is 1.